The van der Waals surface area contributed by atoms with Crippen molar-refractivity contribution in [2.45, 2.75) is 11.8 Å². The number of carbonyl (C=O) groups is 1. The number of fused-ring (bicyclic) bond motifs is 1. The Labute approximate surface area is 116 Å². The number of nitrogens with one attached hydrogen (secondary N) is 2. The van der Waals surface area contributed by atoms with Crippen molar-refractivity contribution in [3.05, 3.63) is 53.6 Å². The van der Waals surface area contributed by atoms with E-state index >= 15 is 0 Å². The minimum absolute atomic E-state index is 0.0784. The molecule has 4 heteroatoms. The first-order valence-corrected chi connectivity index (χ1v) is 7.10. The molecule has 96 valence electrons. The van der Waals surface area contributed by atoms with Crippen LogP contribution < -0.4 is 10.6 Å². The van der Waals surface area contributed by atoms with Crippen LogP contribution in [0.25, 0.3) is 0 Å². The first-order valence-electron chi connectivity index (χ1n) is 6.11. The van der Waals surface area contributed by atoms with Gasteiger partial charge in [0, 0.05) is 21.8 Å². The second-order valence-corrected chi connectivity index (χ2v) is 5.51. The fraction of sp³-hybridized carbons (Fsp3) is 0.133. The lowest BCUT2D eigenvalue weighted by Crippen LogP contribution is -2.11. The lowest BCUT2D eigenvalue weighted by Gasteiger charge is -2.07. The Bertz CT molecular complexity index is 623. The third-order valence-corrected chi connectivity index (χ3v) is 4.00. The first kappa shape index (κ1) is 12.1. The summed E-state index contributed by atoms with van der Waals surface area (Å²) in [5.74, 6) is 0.795. The molecule has 0 fully saturated rings. The standard InChI is InChI=1S/C15H14N2OS/c1-10-2-5-12(6-3-10)17-15(18)11-4-7-14-13(8-11)16-9-19-14/h2-8,16H,9H2,1H3,(H,17,18). The molecule has 19 heavy (non-hydrogen) atoms. The molecule has 0 aromatic heterocycles. The number of amides is 1. The van der Waals surface area contributed by atoms with E-state index in [-0.39, 0.29) is 5.91 Å². The Kier molecular flexibility index (Phi) is 3.17. The van der Waals surface area contributed by atoms with Crippen LogP contribution in [-0.2, 0) is 0 Å². The van der Waals surface area contributed by atoms with Crippen LogP contribution in [0.4, 0.5) is 11.4 Å². The van der Waals surface area contributed by atoms with Gasteiger partial charge in [0.1, 0.15) is 0 Å². The molecule has 0 spiro atoms. The number of benzene rings is 2. The van der Waals surface area contributed by atoms with Crippen molar-refractivity contribution in [3.63, 3.8) is 0 Å². The quantitative estimate of drug-likeness (QED) is 0.873. The minimum Gasteiger partial charge on any atom is -0.375 e. The van der Waals surface area contributed by atoms with E-state index in [1.807, 2.05) is 49.4 Å². The van der Waals surface area contributed by atoms with E-state index in [9.17, 15) is 4.79 Å². The molecule has 3 nitrogen and oxygen atoms in total. The van der Waals surface area contributed by atoms with Crippen LogP contribution in [0.15, 0.2) is 47.4 Å². The molecule has 1 heterocycles. The van der Waals surface area contributed by atoms with E-state index < -0.39 is 0 Å². The minimum atomic E-state index is -0.0784. The van der Waals surface area contributed by atoms with Gasteiger partial charge in [-0.15, -0.1) is 11.8 Å². The van der Waals surface area contributed by atoms with E-state index in [0.29, 0.717) is 5.56 Å². The molecular formula is C15H14N2OS. The first-order chi connectivity index (χ1) is 9.22. The average Bonchev–Trinajstić information content (AvgIpc) is 2.88. The van der Waals surface area contributed by atoms with Crippen molar-refractivity contribution in [3.8, 4) is 0 Å². The van der Waals surface area contributed by atoms with Crippen molar-refractivity contribution in [2.24, 2.45) is 0 Å². The van der Waals surface area contributed by atoms with Gasteiger partial charge in [-0.05, 0) is 37.3 Å². The predicted molar refractivity (Wildman–Crippen MR) is 79.9 cm³/mol. The summed E-state index contributed by atoms with van der Waals surface area (Å²) >= 11 is 1.75. The van der Waals surface area contributed by atoms with Gasteiger partial charge in [0.2, 0.25) is 0 Å². The highest BCUT2D eigenvalue weighted by molar-refractivity contribution is 7.99. The highest BCUT2D eigenvalue weighted by atomic mass is 32.2. The van der Waals surface area contributed by atoms with Crippen LogP contribution in [0.2, 0.25) is 0 Å². The lowest BCUT2D eigenvalue weighted by atomic mass is 10.1. The number of thioether (sulfide) groups is 1. The van der Waals surface area contributed by atoms with Crippen LogP contribution >= 0.6 is 11.8 Å². The van der Waals surface area contributed by atoms with Gasteiger partial charge in [-0.2, -0.15) is 0 Å². The number of hydrogen-bond donors (Lipinski definition) is 2. The molecule has 1 aliphatic rings. The summed E-state index contributed by atoms with van der Waals surface area (Å²) in [6.07, 6.45) is 0. The molecule has 2 N–H and O–H groups in total. The maximum Gasteiger partial charge on any atom is 0.255 e. The Morgan fingerprint density at radius 3 is 2.79 bits per heavy atom. The number of carbonyl (C=O) groups excluding carboxylic acids is 1. The van der Waals surface area contributed by atoms with Crippen LogP contribution in [0.5, 0.6) is 0 Å². The molecule has 0 unspecified atom stereocenters. The number of aryl methyl sites for hydroxylation is 1. The monoisotopic (exact) mass is 270 g/mol. The van der Waals surface area contributed by atoms with Gasteiger partial charge in [-0.1, -0.05) is 17.7 Å². The molecule has 0 bridgehead atoms. The van der Waals surface area contributed by atoms with Crippen LogP contribution in [0, 0.1) is 6.92 Å². The number of hydrogen-bond acceptors (Lipinski definition) is 3. The van der Waals surface area contributed by atoms with Crippen LogP contribution in [0.1, 0.15) is 15.9 Å². The summed E-state index contributed by atoms with van der Waals surface area (Å²) < 4.78 is 0. The Morgan fingerprint density at radius 2 is 2.00 bits per heavy atom. The fourth-order valence-corrected chi connectivity index (χ4v) is 2.80. The van der Waals surface area contributed by atoms with Crippen molar-refractivity contribution in [1.29, 1.82) is 0 Å². The van der Waals surface area contributed by atoms with Crippen LogP contribution in [-0.4, -0.2) is 11.8 Å². The third kappa shape index (κ3) is 2.58. The van der Waals surface area contributed by atoms with Gasteiger partial charge in [0.15, 0.2) is 0 Å². The van der Waals surface area contributed by atoms with E-state index in [1.165, 1.54) is 10.5 Å². The largest absolute Gasteiger partial charge is 0.375 e. The SMILES string of the molecule is Cc1ccc(NC(=O)c2ccc3c(c2)NCS3)cc1. The van der Waals surface area contributed by atoms with Crippen molar-refractivity contribution in [2.75, 3.05) is 16.5 Å². The van der Waals surface area contributed by atoms with E-state index in [4.69, 9.17) is 0 Å². The lowest BCUT2D eigenvalue weighted by molar-refractivity contribution is 0.102. The smallest absolute Gasteiger partial charge is 0.255 e. The zero-order chi connectivity index (χ0) is 13.2. The Hall–Kier alpha value is -1.94. The molecular weight excluding hydrogens is 256 g/mol. The molecule has 0 aliphatic carbocycles. The van der Waals surface area contributed by atoms with Crippen molar-refractivity contribution in [1.82, 2.24) is 0 Å². The molecule has 1 aliphatic heterocycles. The fourth-order valence-electron chi connectivity index (χ4n) is 1.97. The summed E-state index contributed by atoms with van der Waals surface area (Å²) in [7, 11) is 0. The zero-order valence-electron chi connectivity index (χ0n) is 10.6. The van der Waals surface area contributed by atoms with E-state index in [1.54, 1.807) is 11.8 Å². The molecule has 1 amide bonds. The molecule has 0 radical (unpaired) electrons. The second kappa shape index (κ2) is 4.97. The summed E-state index contributed by atoms with van der Waals surface area (Å²) in [5.41, 5.74) is 3.71. The maximum atomic E-state index is 12.2. The molecule has 2 aromatic rings. The van der Waals surface area contributed by atoms with Gasteiger partial charge < -0.3 is 10.6 Å². The van der Waals surface area contributed by atoms with Gasteiger partial charge in [-0.3, -0.25) is 4.79 Å². The van der Waals surface area contributed by atoms with Gasteiger partial charge in [0.25, 0.3) is 5.91 Å². The average molecular weight is 270 g/mol. The summed E-state index contributed by atoms with van der Waals surface area (Å²) in [6, 6.07) is 13.5. The van der Waals surface area contributed by atoms with Gasteiger partial charge >= 0.3 is 0 Å². The highest BCUT2D eigenvalue weighted by Crippen LogP contribution is 2.34. The Balaban J connectivity index is 1.78. The Morgan fingerprint density at radius 1 is 1.21 bits per heavy atom. The summed E-state index contributed by atoms with van der Waals surface area (Å²) in [4.78, 5) is 13.4. The second-order valence-electron chi connectivity index (χ2n) is 4.50. The normalized spacial score (nSPS) is 12.7. The van der Waals surface area contributed by atoms with E-state index in [2.05, 4.69) is 10.6 Å². The molecule has 0 atom stereocenters. The third-order valence-electron chi connectivity index (χ3n) is 3.04. The van der Waals surface area contributed by atoms with Crippen molar-refractivity contribution >= 4 is 29.0 Å². The topological polar surface area (TPSA) is 41.1 Å². The summed E-state index contributed by atoms with van der Waals surface area (Å²) in [5, 5.41) is 6.15. The van der Waals surface area contributed by atoms with Gasteiger partial charge in [-0.25, -0.2) is 0 Å². The van der Waals surface area contributed by atoms with E-state index in [0.717, 1.165) is 17.3 Å². The van der Waals surface area contributed by atoms with Crippen LogP contribution in [0.3, 0.4) is 0 Å². The molecule has 3 rings (SSSR count). The summed E-state index contributed by atoms with van der Waals surface area (Å²) in [6.45, 7) is 2.02. The maximum absolute atomic E-state index is 12.2. The number of rotatable bonds is 2. The molecule has 0 saturated heterocycles. The highest BCUT2D eigenvalue weighted by Gasteiger charge is 2.13. The molecule has 2 aromatic carbocycles. The van der Waals surface area contributed by atoms with Gasteiger partial charge in [0.05, 0.1) is 5.88 Å². The predicted octanol–water partition coefficient (Wildman–Crippen LogP) is 3.72. The number of anilines is 2. The van der Waals surface area contributed by atoms with Crippen molar-refractivity contribution < 1.29 is 4.79 Å². The zero-order valence-corrected chi connectivity index (χ0v) is 11.4. The molecule has 0 saturated carbocycles.